The number of morpholine rings is 1. The Labute approximate surface area is 142 Å². The molecule has 0 spiro atoms. The van der Waals surface area contributed by atoms with Gasteiger partial charge in [0.05, 0.1) is 30.9 Å². The Morgan fingerprint density at radius 2 is 2.04 bits per heavy atom. The molecule has 1 amide bonds. The number of rotatable bonds is 3. The molecule has 2 fully saturated rings. The number of fused-ring (bicyclic) bond motifs is 1. The van der Waals surface area contributed by atoms with E-state index in [0.717, 1.165) is 30.6 Å². The molecule has 1 aromatic heterocycles. The molecule has 5 nitrogen and oxygen atoms in total. The van der Waals surface area contributed by atoms with Crippen molar-refractivity contribution in [2.75, 3.05) is 13.2 Å². The van der Waals surface area contributed by atoms with Crippen molar-refractivity contribution in [3.63, 3.8) is 0 Å². The van der Waals surface area contributed by atoms with Crippen LogP contribution in [0.15, 0.2) is 42.7 Å². The van der Waals surface area contributed by atoms with E-state index in [9.17, 15) is 4.79 Å². The molecule has 1 saturated carbocycles. The summed E-state index contributed by atoms with van der Waals surface area (Å²) in [6, 6.07) is 10.2. The van der Waals surface area contributed by atoms with E-state index in [0.29, 0.717) is 13.0 Å². The number of carbonyl (C=O) groups is 1. The van der Waals surface area contributed by atoms with Crippen LogP contribution in [0, 0.1) is 0 Å². The van der Waals surface area contributed by atoms with Crippen LogP contribution in [0.3, 0.4) is 0 Å². The van der Waals surface area contributed by atoms with Crippen LogP contribution >= 0.6 is 0 Å². The highest BCUT2D eigenvalue weighted by atomic mass is 16.5. The van der Waals surface area contributed by atoms with Crippen molar-refractivity contribution in [2.45, 2.75) is 44.2 Å². The van der Waals surface area contributed by atoms with E-state index < -0.39 is 0 Å². The molecule has 2 aromatic rings. The van der Waals surface area contributed by atoms with E-state index in [4.69, 9.17) is 4.74 Å². The van der Waals surface area contributed by atoms with Crippen molar-refractivity contribution >= 4 is 5.91 Å². The second kappa shape index (κ2) is 6.77. The van der Waals surface area contributed by atoms with Crippen molar-refractivity contribution < 1.29 is 9.53 Å². The predicted octanol–water partition coefficient (Wildman–Crippen LogP) is 2.58. The largest absolute Gasteiger partial charge is 0.374 e. The van der Waals surface area contributed by atoms with Gasteiger partial charge < -0.3 is 9.64 Å². The molecule has 5 heteroatoms. The molecule has 126 valence electrons. The van der Waals surface area contributed by atoms with Gasteiger partial charge in [-0.25, -0.2) is 4.68 Å². The first-order valence-electron chi connectivity index (χ1n) is 8.81. The van der Waals surface area contributed by atoms with Gasteiger partial charge in [0.15, 0.2) is 0 Å². The Bertz CT molecular complexity index is 679. The Kier molecular flexibility index (Phi) is 4.34. The van der Waals surface area contributed by atoms with Gasteiger partial charge in [-0.3, -0.25) is 4.79 Å². The van der Waals surface area contributed by atoms with Crippen LogP contribution in [-0.2, 0) is 16.0 Å². The van der Waals surface area contributed by atoms with E-state index in [1.807, 2.05) is 41.2 Å². The highest BCUT2D eigenvalue weighted by Gasteiger charge is 2.36. The molecule has 2 heterocycles. The first kappa shape index (κ1) is 15.4. The van der Waals surface area contributed by atoms with Gasteiger partial charge in [0.1, 0.15) is 0 Å². The lowest BCUT2D eigenvalue weighted by molar-refractivity contribution is -0.148. The Hall–Kier alpha value is -2.14. The average molecular weight is 325 g/mol. The lowest BCUT2D eigenvalue weighted by atomic mass is 9.90. The third-order valence-corrected chi connectivity index (χ3v) is 5.11. The number of ether oxygens (including phenoxy) is 1. The van der Waals surface area contributed by atoms with Crippen molar-refractivity contribution in [1.82, 2.24) is 14.7 Å². The summed E-state index contributed by atoms with van der Waals surface area (Å²) in [5, 5.41) is 4.22. The van der Waals surface area contributed by atoms with Gasteiger partial charge in [0, 0.05) is 18.9 Å². The van der Waals surface area contributed by atoms with Gasteiger partial charge >= 0.3 is 0 Å². The van der Waals surface area contributed by atoms with Crippen LogP contribution in [0.4, 0.5) is 0 Å². The van der Waals surface area contributed by atoms with Crippen molar-refractivity contribution in [2.24, 2.45) is 0 Å². The first-order chi connectivity index (χ1) is 11.8. The number of hydrogen-bond donors (Lipinski definition) is 0. The number of hydrogen-bond acceptors (Lipinski definition) is 3. The highest BCUT2D eigenvalue weighted by Crippen LogP contribution is 2.28. The highest BCUT2D eigenvalue weighted by molar-refractivity contribution is 5.79. The van der Waals surface area contributed by atoms with Crippen LogP contribution in [0.2, 0.25) is 0 Å². The number of benzene rings is 1. The first-order valence-corrected chi connectivity index (χ1v) is 8.81. The van der Waals surface area contributed by atoms with E-state index in [-0.39, 0.29) is 18.1 Å². The number of nitrogens with zero attached hydrogens (tertiary/aromatic N) is 3. The molecule has 0 bridgehead atoms. The third kappa shape index (κ3) is 3.08. The molecule has 0 radical (unpaired) electrons. The number of aromatic nitrogens is 2. The Morgan fingerprint density at radius 1 is 1.21 bits per heavy atom. The molecule has 4 rings (SSSR count). The summed E-state index contributed by atoms with van der Waals surface area (Å²) in [6.45, 7) is 1.40. The van der Waals surface area contributed by atoms with Gasteiger partial charge in [-0.2, -0.15) is 5.10 Å². The smallest absolute Gasteiger partial charge is 0.227 e. The number of amides is 1. The molecular weight excluding hydrogens is 302 g/mol. The minimum atomic E-state index is 0.224. The molecule has 1 aliphatic heterocycles. The standard InChI is InChI=1S/C19H23N3O2/c23-19(21-12-13-24-18-5-2-1-4-17(18)21)14-15-6-8-16(9-7-15)22-11-3-10-20-22/h3,6-11,17-18H,1-2,4-5,12-14H2/t17-,18+/m0/s1. The average Bonchev–Trinajstić information content (AvgIpc) is 3.16. The zero-order chi connectivity index (χ0) is 16.4. The maximum absolute atomic E-state index is 12.8. The summed E-state index contributed by atoms with van der Waals surface area (Å²) in [7, 11) is 0. The summed E-state index contributed by atoms with van der Waals surface area (Å²) < 4.78 is 7.69. The summed E-state index contributed by atoms with van der Waals surface area (Å²) in [6.07, 6.45) is 8.97. The zero-order valence-corrected chi connectivity index (χ0v) is 13.8. The van der Waals surface area contributed by atoms with Crippen LogP contribution in [0.1, 0.15) is 31.2 Å². The van der Waals surface area contributed by atoms with Crippen molar-refractivity contribution in [3.05, 3.63) is 48.3 Å². The van der Waals surface area contributed by atoms with Gasteiger partial charge in [0.25, 0.3) is 0 Å². The molecule has 2 aliphatic rings. The summed E-state index contributed by atoms with van der Waals surface area (Å²) in [5.74, 6) is 0.224. The Balaban J connectivity index is 1.43. The monoisotopic (exact) mass is 325 g/mol. The minimum Gasteiger partial charge on any atom is -0.374 e. The molecule has 0 unspecified atom stereocenters. The lowest BCUT2D eigenvalue weighted by Crippen LogP contribution is -2.55. The molecule has 2 atom stereocenters. The fraction of sp³-hybridized carbons (Fsp3) is 0.474. The molecule has 1 saturated heterocycles. The fourth-order valence-corrected chi connectivity index (χ4v) is 3.87. The maximum atomic E-state index is 12.8. The maximum Gasteiger partial charge on any atom is 0.227 e. The molecular formula is C19H23N3O2. The summed E-state index contributed by atoms with van der Waals surface area (Å²) in [4.78, 5) is 14.9. The third-order valence-electron chi connectivity index (χ3n) is 5.11. The minimum absolute atomic E-state index is 0.224. The topological polar surface area (TPSA) is 47.4 Å². The molecule has 24 heavy (non-hydrogen) atoms. The van der Waals surface area contributed by atoms with E-state index in [2.05, 4.69) is 10.00 Å². The van der Waals surface area contributed by atoms with Crippen LogP contribution in [0.25, 0.3) is 5.69 Å². The van der Waals surface area contributed by atoms with Crippen molar-refractivity contribution in [1.29, 1.82) is 0 Å². The predicted molar refractivity (Wildman–Crippen MR) is 91.0 cm³/mol. The number of carbonyl (C=O) groups excluding carboxylic acids is 1. The van der Waals surface area contributed by atoms with Gasteiger partial charge in [-0.05, 0) is 36.6 Å². The van der Waals surface area contributed by atoms with Crippen molar-refractivity contribution in [3.8, 4) is 5.69 Å². The molecule has 0 N–H and O–H groups in total. The lowest BCUT2D eigenvalue weighted by Gasteiger charge is -2.43. The summed E-state index contributed by atoms with van der Waals surface area (Å²) in [5.41, 5.74) is 2.06. The van der Waals surface area contributed by atoms with E-state index in [1.54, 1.807) is 6.20 Å². The summed E-state index contributed by atoms with van der Waals surface area (Å²) >= 11 is 0. The second-order valence-corrected chi connectivity index (χ2v) is 6.64. The van der Waals surface area contributed by atoms with Gasteiger partial charge in [-0.1, -0.05) is 25.0 Å². The van der Waals surface area contributed by atoms with E-state index in [1.165, 1.54) is 12.8 Å². The normalized spacial score (nSPS) is 23.8. The fourth-order valence-electron chi connectivity index (χ4n) is 3.87. The van der Waals surface area contributed by atoms with Crippen LogP contribution < -0.4 is 0 Å². The van der Waals surface area contributed by atoms with E-state index >= 15 is 0 Å². The molecule has 1 aromatic carbocycles. The second-order valence-electron chi connectivity index (χ2n) is 6.64. The SMILES string of the molecule is O=C(Cc1ccc(-n2cccn2)cc1)N1CCO[C@@H]2CCCC[C@@H]21. The quantitative estimate of drug-likeness (QED) is 0.871. The zero-order valence-electron chi connectivity index (χ0n) is 13.8. The Morgan fingerprint density at radius 3 is 2.83 bits per heavy atom. The van der Waals surface area contributed by atoms with Crippen LogP contribution in [-0.4, -0.2) is 45.9 Å². The molecule has 1 aliphatic carbocycles. The van der Waals surface area contributed by atoms with Gasteiger partial charge in [0.2, 0.25) is 5.91 Å². The van der Waals surface area contributed by atoms with Crippen LogP contribution in [0.5, 0.6) is 0 Å². The van der Waals surface area contributed by atoms with Gasteiger partial charge in [-0.15, -0.1) is 0 Å².